The fourth-order valence-corrected chi connectivity index (χ4v) is 4.05. The van der Waals surface area contributed by atoms with Gasteiger partial charge in [0.25, 0.3) is 5.91 Å². The molecule has 0 bridgehead atoms. The molecular weight excluding hydrogens is 368 g/mol. The quantitative estimate of drug-likeness (QED) is 0.572. The van der Waals surface area contributed by atoms with Crippen LogP contribution in [0, 0.1) is 0 Å². The first-order valence-electron chi connectivity index (χ1n) is 9.89. The van der Waals surface area contributed by atoms with E-state index in [2.05, 4.69) is 26.3 Å². The molecule has 4 aromatic rings. The molecule has 0 aliphatic heterocycles. The first kappa shape index (κ1) is 17.7. The van der Waals surface area contributed by atoms with Crippen molar-refractivity contribution in [2.75, 3.05) is 12.4 Å². The molecule has 0 unspecified atom stereocenters. The van der Waals surface area contributed by atoms with Gasteiger partial charge in [-0.05, 0) is 25.0 Å². The third kappa shape index (κ3) is 3.20. The van der Waals surface area contributed by atoms with Gasteiger partial charge in [0.1, 0.15) is 11.3 Å². The summed E-state index contributed by atoms with van der Waals surface area (Å²) in [6.07, 6.45) is 13.1. The molecule has 0 spiro atoms. The summed E-state index contributed by atoms with van der Waals surface area (Å²) in [4.78, 5) is 17.1. The van der Waals surface area contributed by atoms with Gasteiger partial charge in [-0.1, -0.05) is 19.3 Å². The maximum atomic E-state index is 12.9. The van der Waals surface area contributed by atoms with Crippen LogP contribution in [0.25, 0.3) is 16.6 Å². The molecular formula is C21H22N6O2. The first-order chi connectivity index (χ1) is 14.2. The van der Waals surface area contributed by atoms with E-state index in [4.69, 9.17) is 9.84 Å². The van der Waals surface area contributed by atoms with Gasteiger partial charge in [0.2, 0.25) is 0 Å². The van der Waals surface area contributed by atoms with Crippen molar-refractivity contribution >= 4 is 28.1 Å². The maximum Gasteiger partial charge on any atom is 0.261 e. The van der Waals surface area contributed by atoms with Crippen LogP contribution in [0.15, 0.2) is 43.0 Å². The molecule has 1 aliphatic rings. The molecule has 1 saturated carbocycles. The van der Waals surface area contributed by atoms with E-state index in [1.165, 1.54) is 25.5 Å². The van der Waals surface area contributed by atoms with E-state index in [0.717, 1.165) is 23.7 Å². The van der Waals surface area contributed by atoms with Crippen molar-refractivity contribution in [3.05, 3.63) is 48.5 Å². The molecule has 0 atom stereocenters. The van der Waals surface area contributed by atoms with Gasteiger partial charge < -0.3 is 10.1 Å². The topological polar surface area (TPSA) is 86.3 Å². The third-order valence-electron chi connectivity index (χ3n) is 5.56. The number of nitrogens with one attached hydrogen (secondary N) is 1. The molecule has 0 radical (unpaired) electrons. The van der Waals surface area contributed by atoms with Crippen molar-refractivity contribution in [1.29, 1.82) is 0 Å². The van der Waals surface area contributed by atoms with Crippen LogP contribution in [0.2, 0.25) is 0 Å². The molecule has 148 valence electrons. The lowest BCUT2D eigenvalue weighted by Gasteiger charge is -2.21. The Hall–Kier alpha value is -3.42. The van der Waals surface area contributed by atoms with Gasteiger partial charge in [-0.15, -0.1) is 0 Å². The van der Waals surface area contributed by atoms with Crippen molar-refractivity contribution in [2.24, 2.45) is 0 Å². The Morgan fingerprint density at radius 3 is 2.93 bits per heavy atom. The molecule has 1 aliphatic carbocycles. The van der Waals surface area contributed by atoms with Crippen LogP contribution < -0.4 is 10.1 Å². The number of hydrogen-bond acceptors (Lipinski definition) is 5. The minimum atomic E-state index is -0.281. The SMILES string of the molecule is COc1cc2nn(C3CCCCC3)cc2cc1NC(=O)c1cnn2cccnc12. The average Bonchev–Trinajstić information content (AvgIpc) is 3.37. The molecule has 5 rings (SSSR count). The Labute approximate surface area is 167 Å². The van der Waals surface area contributed by atoms with E-state index in [0.29, 0.717) is 28.7 Å². The lowest BCUT2D eigenvalue weighted by atomic mass is 9.96. The second kappa shape index (κ2) is 7.20. The summed E-state index contributed by atoms with van der Waals surface area (Å²) in [6, 6.07) is 6.00. The average molecular weight is 390 g/mol. The van der Waals surface area contributed by atoms with Gasteiger partial charge in [-0.25, -0.2) is 9.50 Å². The Bertz CT molecular complexity index is 1190. The number of rotatable bonds is 4. The van der Waals surface area contributed by atoms with E-state index in [9.17, 15) is 4.79 Å². The summed E-state index contributed by atoms with van der Waals surface area (Å²) in [5.41, 5.74) is 2.38. The monoisotopic (exact) mass is 390 g/mol. The van der Waals surface area contributed by atoms with E-state index >= 15 is 0 Å². The molecule has 1 N–H and O–H groups in total. The summed E-state index contributed by atoms with van der Waals surface area (Å²) >= 11 is 0. The molecule has 3 aromatic heterocycles. The van der Waals surface area contributed by atoms with E-state index in [1.807, 2.05) is 12.1 Å². The number of carbonyl (C=O) groups is 1. The number of anilines is 1. The molecule has 0 saturated heterocycles. The highest BCUT2D eigenvalue weighted by molar-refractivity contribution is 6.09. The highest BCUT2D eigenvalue weighted by atomic mass is 16.5. The fourth-order valence-electron chi connectivity index (χ4n) is 4.05. The fraction of sp³-hybridized carbons (Fsp3) is 0.333. The molecule has 1 amide bonds. The van der Waals surface area contributed by atoms with Crippen LogP contribution in [-0.4, -0.2) is 37.4 Å². The molecule has 3 heterocycles. The number of benzene rings is 1. The standard InChI is InChI=1S/C21H22N6O2/c1-29-19-11-17-14(13-27(25-17)15-6-3-2-4-7-15)10-18(19)24-21(28)16-12-23-26-9-5-8-22-20(16)26/h5,8-13,15H,2-4,6-7H2,1H3,(H,24,28). The van der Waals surface area contributed by atoms with Gasteiger partial charge in [-0.2, -0.15) is 10.2 Å². The van der Waals surface area contributed by atoms with E-state index in [1.54, 1.807) is 30.1 Å². The second-order valence-electron chi connectivity index (χ2n) is 7.41. The lowest BCUT2D eigenvalue weighted by molar-refractivity contribution is 0.102. The number of methoxy groups -OCH3 is 1. The zero-order valence-electron chi connectivity index (χ0n) is 16.2. The molecule has 1 aromatic carbocycles. The summed E-state index contributed by atoms with van der Waals surface area (Å²) in [6.45, 7) is 0. The minimum Gasteiger partial charge on any atom is -0.494 e. The van der Waals surface area contributed by atoms with Gasteiger partial charge >= 0.3 is 0 Å². The highest BCUT2D eigenvalue weighted by Crippen LogP contribution is 2.33. The second-order valence-corrected chi connectivity index (χ2v) is 7.41. The predicted molar refractivity (Wildman–Crippen MR) is 109 cm³/mol. The molecule has 8 heteroatoms. The number of nitrogens with zero attached hydrogens (tertiary/aromatic N) is 5. The number of aromatic nitrogens is 5. The van der Waals surface area contributed by atoms with E-state index < -0.39 is 0 Å². The van der Waals surface area contributed by atoms with Gasteiger partial charge in [-0.3, -0.25) is 9.48 Å². The number of ether oxygens (including phenoxy) is 1. The molecule has 29 heavy (non-hydrogen) atoms. The van der Waals surface area contributed by atoms with Crippen molar-refractivity contribution in [2.45, 2.75) is 38.1 Å². The number of hydrogen-bond donors (Lipinski definition) is 1. The molecule has 1 fully saturated rings. The normalized spacial score (nSPS) is 15.1. The summed E-state index contributed by atoms with van der Waals surface area (Å²) in [5.74, 6) is 0.292. The van der Waals surface area contributed by atoms with Gasteiger partial charge in [0.05, 0.1) is 30.6 Å². The van der Waals surface area contributed by atoms with Crippen LogP contribution in [0.4, 0.5) is 5.69 Å². The summed E-state index contributed by atoms with van der Waals surface area (Å²) in [7, 11) is 1.59. The maximum absolute atomic E-state index is 12.9. The Kier molecular flexibility index (Phi) is 4.38. The highest BCUT2D eigenvalue weighted by Gasteiger charge is 2.19. The zero-order valence-corrected chi connectivity index (χ0v) is 16.2. The predicted octanol–water partition coefficient (Wildman–Crippen LogP) is 3.85. The number of amides is 1. The Morgan fingerprint density at radius 2 is 2.10 bits per heavy atom. The number of fused-ring (bicyclic) bond motifs is 2. The van der Waals surface area contributed by atoms with Crippen molar-refractivity contribution in [3.8, 4) is 5.75 Å². The third-order valence-corrected chi connectivity index (χ3v) is 5.56. The van der Waals surface area contributed by atoms with Crippen LogP contribution in [0.5, 0.6) is 5.75 Å². The summed E-state index contributed by atoms with van der Waals surface area (Å²) < 4.78 is 9.16. The smallest absolute Gasteiger partial charge is 0.261 e. The van der Waals surface area contributed by atoms with Crippen LogP contribution >= 0.6 is 0 Å². The zero-order chi connectivity index (χ0) is 19.8. The van der Waals surface area contributed by atoms with Crippen LogP contribution in [0.3, 0.4) is 0 Å². The van der Waals surface area contributed by atoms with Crippen molar-refractivity contribution in [1.82, 2.24) is 24.4 Å². The van der Waals surface area contributed by atoms with E-state index in [-0.39, 0.29) is 5.91 Å². The molecule has 8 nitrogen and oxygen atoms in total. The Balaban J connectivity index is 1.47. The van der Waals surface area contributed by atoms with Crippen molar-refractivity contribution in [3.63, 3.8) is 0 Å². The summed E-state index contributed by atoms with van der Waals surface area (Å²) in [5, 5.41) is 12.9. The largest absolute Gasteiger partial charge is 0.494 e. The van der Waals surface area contributed by atoms with Gasteiger partial charge in [0, 0.05) is 30.0 Å². The lowest BCUT2D eigenvalue weighted by Crippen LogP contribution is -2.12. The first-order valence-corrected chi connectivity index (χ1v) is 9.89. The number of carbonyl (C=O) groups excluding carboxylic acids is 1. The minimum absolute atomic E-state index is 0.281. The van der Waals surface area contributed by atoms with Gasteiger partial charge in [0.15, 0.2) is 5.65 Å². The van der Waals surface area contributed by atoms with Crippen LogP contribution in [0.1, 0.15) is 48.5 Å². The Morgan fingerprint density at radius 1 is 1.24 bits per heavy atom. The van der Waals surface area contributed by atoms with Crippen molar-refractivity contribution < 1.29 is 9.53 Å². The van der Waals surface area contributed by atoms with Crippen LogP contribution in [-0.2, 0) is 0 Å².